The van der Waals surface area contributed by atoms with Crippen LogP contribution in [0.4, 0.5) is 0 Å². The van der Waals surface area contributed by atoms with Gasteiger partial charge in [-0.2, -0.15) is 0 Å². The second-order valence-electron chi connectivity index (χ2n) is 6.41. The minimum absolute atomic E-state index is 0.00736. The zero-order valence-corrected chi connectivity index (χ0v) is 16.6. The first-order valence-corrected chi connectivity index (χ1v) is 11.9. The Morgan fingerprint density at radius 2 is 1.96 bits per heavy atom. The Morgan fingerprint density at radius 3 is 2.62 bits per heavy atom. The molecular formula is C20H30O3Si. The van der Waals surface area contributed by atoms with Crippen molar-refractivity contribution in [1.29, 1.82) is 0 Å². The Labute approximate surface area is 148 Å². The zero-order chi connectivity index (χ0) is 18.3. The average molecular weight is 347 g/mol. The lowest BCUT2D eigenvalue weighted by atomic mass is 10.1. The Balaban J connectivity index is 3.84. The van der Waals surface area contributed by atoms with Crippen molar-refractivity contribution >= 4 is 14.0 Å². The van der Waals surface area contributed by atoms with Crippen LogP contribution in [0.25, 0.3) is 0 Å². The van der Waals surface area contributed by atoms with Gasteiger partial charge in [0.1, 0.15) is 14.7 Å². The molecule has 0 aromatic rings. The molecule has 0 aromatic heterocycles. The summed E-state index contributed by atoms with van der Waals surface area (Å²) in [7, 11) is -1.25. The van der Waals surface area contributed by atoms with Gasteiger partial charge in [-0.15, -0.1) is 11.5 Å². The molecule has 0 N–H and O–H groups in total. The summed E-state index contributed by atoms with van der Waals surface area (Å²) >= 11 is 0. The Morgan fingerprint density at radius 1 is 1.21 bits per heavy atom. The van der Waals surface area contributed by atoms with Crippen LogP contribution in [0.3, 0.4) is 0 Å². The third-order valence-electron chi connectivity index (χ3n) is 2.62. The van der Waals surface area contributed by atoms with E-state index in [1.54, 1.807) is 6.92 Å². The van der Waals surface area contributed by atoms with Gasteiger partial charge in [0.2, 0.25) is 0 Å². The molecule has 24 heavy (non-hydrogen) atoms. The maximum absolute atomic E-state index is 11.0. The molecule has 0 radical (unpaired) electrons. The van der Waals surface area contributed by atoms with E-state index in [9.17, 15) is 4.79 Å². The highest BCUT2D eigenvalue weighted by Crippen LogP contribution is 2.04. The first kappa shape index (κ1) is 22.2. The highest BCUT2D eigenvalue weighted by atomic mass is 28.3. The molecule has 0 aromatic carbocycles. The first-order chi connectivity index (χ1) is 11.3. The summed E-state index contributed by atoms with van der Waals surface area (Å²) in [5.41, 5.74) is 3.38. The lowest BCUT2D eigenvalue weighted by Gasteiger charge is -2.04. The van der Waals surface area contributed by atoms with Crippen molar-refractivity contribution in [2.24, 2.45) is 5.92 Å². The van der Waals surface area contributed by atoms with Crippen LogP contribution in [0.15, 0.2) is 24.3 Å². The molecule has 0 aliphatic carbocycles. The fourth-order valence-corrected chi connectivity index (χ4v) is 2.15. The lowest BCUT2D eigenvalue weighted by Crippen LogP contribution is -2.16. The Kier molecular flexibility index (Phi) is 12.7. The predicted octanol–water partition coefficient (Wildman–Crippen LogP) is 3.98. The molecule has 0 fully saturated rings. The Hall–Kier alpha value is -1.75. The van der Waals surface area contributed by atoms with E-state index in [4.69, 9.17) is 9.47 Å². The normalized spacial score (nSPS) is 12.4. The molecule has 0 aliphatic heterocycles. The fourth-order valence-electron chi connectivity index (χ4n) is 1.52. The topological polar surface area (TPSA) is 35.5 Å². The number of rotatable bonds is 8. The van der Waals surface area contributed by atoms with E-state index in [-0.39, 0.29) is 12.6 Å². The van der Waals surface area contributed by atoms with Crippen LogP contribution in [-0.4, -0.2) is 33.9 Å². The molecule has 3 nitrogen and oxygen atoms in total. The third-order valence-corrected chi connectivity index (χ3v) is 3.54. The van der Waals surface area contributed by atoms with Crippen molar-refractivity contribution in [2.45, 2.75) is 46.3 Å². The second-order valence-corrected chi connectivity index (χ2v) is 11.2. The standard InChI is InChI=1S/C20H30O3Si/c1-6-23-20(21)18-22-16-12-10-8-7-9-11-14-19(2)15-13-17-24(3,4)5/h7,9,11,14,19H,6,12,15-16,18H2,1-5H3/b9-7+,14-11+/t19-/m0/s1. The minimum atomic E-state index is -1.25. The van der Waals surface area contributed by atoms with Crippen molar-refractivity contribution in [3.8, 4) is 23.3 Å². The fraction of sp³-hybridized carbons (Fsp3) is 0.550. The van der Waals surface area contributed by atoms with Gasteiger partial charge in [0.05, 0.1) is 13.2 Å². The zero-order valence-electron chi connectivity index (χ0n) is 15.6. The van der Waals surface area contributed by atoms with E-state index in [0.717, 1.165) is 6.42 Å². The minimum Gasteiger partial charge on any atom is -0.464 e. The van der Waals surface area contributed by atoms with Crippen molar-refractivity contribution in [2.75, 3.05) is 19.8 Å². The van der Waals surface area contributed by atoms with Crippen LogP contribution in [0.2, 0.25) is 19.6 Å². The van der Waals surface area contributed by atoms with Crippen LogP contribution >= 0.6 is 0 Å². The van der Waals surface area contributed by atoms with E-state index in [0.29, 0.717) is 25.6 Å². The smallest absolute Gasteiger partial charge is 0.332 e. The number of esters is 1. The predicted molar refractivity (Wildman–Crippen MR) is 103 cm³/mol. The van der Waals surface area contributed by atoms with Gasteiger partial charge >= 0.3 is 5.97 Å². The molecule has 4 heteroatoms. The molecule has 0 rings (SSSR count). The van der Waals surface area contributed by atoms with E-state index >= 15 is 0 Å². The average Bonchev–Trinajstić information content (AvgIpc) is 2.48. The van der Waals surface area contributed by atoms with Crippen molar-refractivity contribution < 1.29 is 14.3 Å². The maximum Gasteiger partial charge on any atom is 0.332 e. The number of hydrogen-bond donors (Lipinski definition) is 0. The van der Waals surface area contributed by atoms with Gasteiger partial charge < -0.3 is 9.47 Å². The van der Waals surface area contributed by atoms with Gasteiger partial charge in [0.15, 0.2) is 0 Å². The van der Waals surface area contributed by atoms with Gasteiger partial charge in [-0.3, -0.25) is 0 Å². The number of allylic oxidation sites excluding steroid dienone is 4. The van der Waals surface area contributed by atoms with Crippen LogP contribution < -0.4 is 0 Å². The van der Waals surface area contributed by atoms with E-state index < -0.39 is 8.07 Å². The maximum atomic E-state index is 11.0. The van der Waals surface area contributed by atoms with Crippen LogP contribution in [0, 0.1) is 29.2 Å². The molecule has 0 amide bonds. The molecule has 132 valence electrons. The summed E-state index contributed by atoms with van der Waals surface area (Å²) in [5.74, 6) is 9.30. The summed E-state index contributed by atoms with van der Waals surface area (Å²) in [5, 5.41) is 0. The van der Waals surface area contributed by atoms with Crippen molar-refractivity contribution in [3.63, 3.8) is 0 Å². The summed E-state index contributed by atoms with van der Waals surface area (Å²) in [6, 6.07) is 0. The SMILES string of the molecule is CCOC(=O)COCCC#C/C=C/C=C/[C@H](C)CC#C[Si](C)(C)C. The van der Waals surface area contributed by atoms with Gasteiger partial charge in [-0.05, 0) is 18.9 Å². The third kappa shape index (κ3) is 16.6. The molecule has 0 saturated carbocycles. The monoisotopic (exact) mass is 346 g/mol. The van der Waals surface area contributed by atoms with Crippen LogP contribution in [0.1, 0.15) is 26.7 Å². The van der Waals surface area contributed by atoms with Crippen LogP contribution in [-0.2, 0) is 14.3 Å². The summed E-state index contributed by atoms with van der Waals surface area (Å²) in [6.07, 6.45) is 9.37. The number of carbonyl (C=O) groups is 1. The van der Waals surface area contributed by atoms with E-state index in [2.05, 4.69) is 55.9 Å². The largest absolute Gasteiger partial charge is 0.464 e. The summed E-state index contributed by atoms with van der Waals surface area (Å²) < 4.78 is 9.89. The number of carbonyl (C=O) groups excluding carboxylic acids is 1. The van der Waals surface area contributed by atoms with Gasteiger partial charge in [-0.25, -0.2) is 4.79 Å². The van der Waals surface area contributed by atoms with Crippen molar-refractivity contribution in [3.05, 3.63) is 24.3 Å². The Bertz CT molecular complexity index is 533. The number of ether oxygens (including phenoxy) is 2. The lowest BCUT2D eigenvalue weighted by molar-refractivity contribution is -0.148. The molecule has 1 atom stereocenters. The highest BCUT2D eigenvalue weighted by Gasteiger charge is 2.07. The first-order valence-electron chi connectivity index (χ1n) is 8.40. The molecule has 0 saturated heterocycles. The van der Waals surface area contributed by atoms with E-state index in [1.165, 1.54) is 0 Å². The van der Waals surface area contributed by atoms with E-state index in [1.807, 2.05) is 18.2 Å². The molecule has 0 heterocycles. The van der Waals surface area contributed by atoms with Gasteiger partial charge in [-0.1, -0.05) is 56.6 Å². The second kappa shape index (κ2) is 13.7. The van der Waals surface area contributed by atoms with Crippen molar-refractivity contribution in [1.82, 2.24) is 0 Å². The van der Waals surface area contributed by atoms with Gasteiger partial charge in [0.25, 0.3) is 0 Å². The molecule has 0 spiro atoms. The molecule has 0 unspecified atom stereocenters. The quantitative estimate of drug-likeness (QED) is 0.219. The molecule has 0 aliphatic rings. The highest BCUT2D eigenvalue weighted by molar-refractivity contribution is 6.83. The number of hydrogen-bond acceptors (Lipinski definition) is 3. The summed E-state index contributed by atoms with van der Waals surface area (Å²) in [6.45, 7) is 11.5. The van der Waals surface area contributed by atoms with Crippen LogP contribution in [0.5, 0.6) is 0 Å². The molecule has 0 bridgehead atoms. The van der Waals surface area contributed by atoms with Gasteiger partial charge in [0, 0.05) is 12.8 Å². The molecular weight excluding hydrogens is 316 g/mol. The summed E-state index contributed by atoms with van der Waals surface area (Å²) in [4.78, 5) is 11.0.